The Morgan fingerprint density at radius 3 is 3.00 bits per heavy atom. The van der Waals surface area contributed by atoms with Crippen molar-refractivity contribution in [3.05, 3.63) is 24.3 Å². The van der Waals surface area contributed by atoms with Gasteiger partial charge in [-0.05, 0) is 30.5 Å². The lowest BCUT2D eigenvalue weighted by molar-refractivity contribution is 0.584. The Morgan fingerprint density at radius 1 is 1.50 bits per heavy atom. The van der Waals surface area contributed by atoms with Crippen LogP contribution >= 0.6 is 11.9 Å². The van der Waals surface area contributed by atoms with Crippen molar-refractivity contribution in [3.8, 4) is 0 Å². The summed E-state index contributed by atoms with van der Waals surface area (Å²) in [6.45, 7) is 1.04. The molecule has 0 amide bonds. The quantitative estimate of drug-likeness (QED) is 0.491. The fourth-order valence-electron chi connectivity index (χ4n) is 1.17. The molecule has 0 aromatic carbocycles. The van der Waals surface area contributed by atoms with Crippen LogP contribution in [-0.2, 0) is 0 Å². The maximum atomic E-state index is 12.4. The van der Waals surface area contributed by atoms with Crippen LogP contribution in [0, 0.1) is 5.95 Å². The van der Waals surface area contributed by atoms with Crippen LogP contribution in [0.1, 0.15) is 6.42 Å². The van der Waals surface area contributed by atoms with Crippen LogP contribution in [0.25, 0.3) is 0 Å². The monoisotopic (exact) mass is 184 g/mol. The Kier molecular flexibility index (Phi) is 2.17. The number of nitrogens with zero attached hydrogens (tertiary/aromatic N) is 2. The second kappa shape index (κ2) is 3.31. The van der Waals surface area contributed by atoms with E-state index >= 15 is 0 Å². The van der Waals surface area contributed by atoms with E-state index in [1.807, 2.05) is 0 Å². The molecule has 2 heterocycles. The van der Waals surface area contributed by atoms with Gasteiger partial charge in [0.2, 0.25) is 5.95 Å². The van der Waals surface area contributed by atoms with Crippen molar-refractivity contribution >= 4 is 17.6 Å². The van der Waals surface area contributed by atoms with E-state index < -0.39 is 5.95 Å². The molecule has 1 aromatic heterocycles. The Morgan fingerprint density at radius 2 is 2.42 bits per heavy atom. The molecule has 1 saturated heterocycles. The van der Waals surface area contributed by atoms with E-state index in [9.17, 15) is 4.39 Å². The molecule has 0 aliphatic carbocycles. The number of hydrogen-bond acceptors (Lipinski definition) is 3. The van der Waals surface area contributed by atoms with Gasteiger partial charge >= 0.3 is 0 Å². The smallest absolute Gasteiger partial charge is 0.212 e. The fourth-order valence-corrected chi connectivity index (χ4v) is 2.16. The standard InChI is InChI=1S/C8H9FN2S/c9-8-3-2-7(6-10-8)11-4-1-5-12-11/h2-3,6H,1,4-5H2. The number of anilines is 1. The van der Waals surface area contributed by atoms with E-state index in [0.717, 1.165) is 18.0 Å². The van der Waals surface area contributed by atoms with E-state index in [4.69, 9.17) is 0 Å². The summed E-state index contributed by atoms with van der Waals surface area (Å²) >= 11 is 1.77. The summed E-state index contributed by atoms with van der Waals surface area (Å²) in [5.74, 6) is 0.736. The molecule has 1 aromatic rings. The lowest BCUT2D eigenvalue weighted by atomic mass is 10.4. The zero-order chi connectivity index (χ0) is 8.39. The molecule has 4 heteroatoms. The molecule has 2 nitrogen and oxygen atoms in total. The summed E-state index contributed by atoms with van der Waals surface area (Å²) in [7, 11) is 0. The Bertz CT molecular complexity index is 256. The molecule has 0 bridgehead atoms. The minimum Gasteiger partial charge on any atom is -0.315 e. The summed E-state index contributed by atoms with van der Waals surface area (Å²) in [5, 5.41) is 0. The van der Waals surface area contributed by atoms with E-state index in [0.29, 0.717) is 0 Å². The maximum Gasteiger partial charge on any atom is 0.212 e. The predicted molar refractivity (Wildman–Crippen MR) is 48.6 cm³/mol. The molecule has 0 unspecified atom stereocenters. The second-order valence-corrected chi connectivity index (χ2v) is 3.74. The van der Waals surface area contributed by atoms with Gasteiger partial charge in [0, 0.05) is 12.3 Å². The third kappa shape index (κ3) is 1.53. The lowest BCUT2D eigenvalue weighted by Crippen LogP contribution is -2.08. The molecule has 12 heavy (non-hydrogen) atoms. The highest BCUT2D eigenvalue weighted by Gasteiger charge is 2.13. The molecular weight excluding hydrogens is 175 g/mol. The SMILES string of the molecule is Fc1ccc(N2CCCS2)cn1. The van der Waals surface area contributed by atoms with Gasteiger partial charge in [-0.25, -0.2) is 4.98 Å². The maximum absolute atomic E-state index is 12.4. The second-order valence-electron chi connectivity index (χ2n) is 2.63. The van der Waals surface area contributed by atoms with Gasteiger partial charge in [-0.1, -0.05) is 0 Å². The molecular formula is C8H9FN2S. The van der Waals surface area contributed by atoms with E-state index in [-0.39, 0.29) is 0 Å². The third-order valence-electron chi connectivity index (χ3n) is 1.75. The van der Waals surface area contributed by atoms with Crippen LogP contribution in [0.15, 0.2) is 18.3 Å². The van der Waals surface area contributed by atoms with Crippen molar-refractivity contribution in [1.82, 2.24) is 4.98 Å². The molecule has 0 atom stereocenters. The summed E-state index contributed by atoms with van der Waals surface area (Å²) in [5.41, 5.74) is 0.999. The van der Waals surface area contributed by atoms with E-state index in [1.165, 1.54) is 12.5 Å². The number of hydrogen-bond donors (Lipinski definition) is 0. The van der Waals surface area contributed by atoms with Crippen LogP contribution in [0.3, 0.4) is 0 Å². The van der Waals surface area contributed by atoms with Gasteiger partial charge in [-0.3, -0.25) is 0 Å². The highest BCUT2D eigenvalue weighted by molar-refractivity contribution is 8.00. The van der Waals surface area contributed by atoms with Gasteiger partial charge < -0.3 is 4.31 Å². The molecule has 64 valence electrons. The van der Waals surface area contributed by atoms with Crippen LogP contribution in [-0.4, -0.2) is 17.3 Å². The van der Waals surface area contributed by atoms with Crippen molar-refractivity contribution in [1.29, 1.82) is 0 Å². The lowest BCUT2D eigenvalue weighted by Gasteiger charge is -2.14. The molecule has 1 aliphatic heterocycles. The van der Waals surface area contributed by atoms with Gasteiger partial charge in [0.1, 0.15) is 0 Å². The minimum atomic E-state index is -0.414. The first-order chi connectivity index (χ1) is 5.86. The van der Waals surface area contributed by atoms with E-state index in [2.05, 4.69) is 9.29 Å². The Labute approximate surface area is 74.9 Å². The molecule has 0 spiro atoms. The van der Waals surface area contributed by atoms with Crippen LogP contribution in [0.2, 0.25) is 0 Å². The minimum absolute atomic E-state index is 0.414. The van der Waals surface area contributed by atoms with Gasteiger partial charge in [-0.2, -0.15) is 4.39 Å². The van der Waals surface area contributed by atoms with Crippen LogP contribution in [0.5, 0.6) is 0 Å². The van der Waals surface area contributed by atoms with Crippen LogP contribution < -0.4 is 4.31 Å². The number of aromatic nitrogens is 1. The normalized spacial score (nSPS) is 16.9. The predicted octanol–water partition coefficient (Wildman–Crippen LogP) is 2.08. The highest BCUT2D eigenvalue weighted by Crippen LogP contribution is 2.27. The zero-order valence-corrected chi connectivity index (χ0v) is 7.35. The highest BCUT2D eigenvalue weighted by atomic mass is 32.2. The topological polar surface area (TPSA) is 16.1 Å². The first-order valence-electron chi connectivity index (χ1n) is 3.88. The third-order valence-corrected chi connectivity index (χ3v) is 2.93. The van der Waals surface area contributed by atoms with Crippen molar-refractivity contribution in [2.24, 2.45) is 0 Å². The van der Waals surface area contributed by atoms with Crippen molar-refractivity contribution in [2.45, 2.75) is 6.42 Å². The molecule has 1 aliphatic rings. The number of rotatable bonds is 1. The first kappa shape index (κ1) is 7.86. The van der Waals surface area contributed by atoms with Crippen molar-refractivity contribution in [2.75, 3.05) is 16.6 Å². The van der Waals surface area contributed by atoms with Gasteiger partial charge in [0.25, 0.3) is 0 Å². The first-order valence-corrected chi connectivity index (χ1v) is 4.82. The molecule has 0 saturated carbocycles. The van der Waals surface area contributed by atoms with Crippen molar-refractivity contribution < 1.29 is 4.39 Å². The number of halogens is 1. The van der Waals surface area contributed by atoms with Gasteiger partial charge in [-0.15, -0.1) is 0 Å². The molecule has 0 radical (unpaired) electrons. The Hall–Kier alpha value is -0.770. The Balaban J connectivity index is 2.17. The zero-order valence-electron chi connectivity index (χ0n) is 6.53. The number of pyridine rings is 1. The average Bonchev–Trinajstić information content (AvgIpc) is 2.58. The average molecular weight is 184 g/mol. The summed E-state index contributed by atoms with van der Waals surface area (Å²) < 4.78 is 14.6. The summed E-state index contributed by atoms with van der Waals surface area (Å²) in [6, 6.07) is 3.16. The summed E-state index contributed by atoms with van der Waals surface area (Å²) in [4.78, 5) is 3.60. The van der Waals surface area contributed by atoms with Crippen LogP contribution in [0.4, 0.5) is 10.1 Å². The van der Waals surface area contributed by atoms with Gasteiger partial charge in [0.05, 0.1) is 11.9 Å². The summed E-state index contributed by atoms with van der Waals surface area (Å²) in [6.07, 6.45) is 2.77. The largest absolute Gasteiger partial charge is 0.315 e. The fraction of sp³-hybridized carbons (Fsp3) is 0.375. The molecule has 2 rings (SSSR count). The van der Waals surface area contributed by atoms with Crippen molar-refractivity contribution in [3.63, 3.8) is 0 Å². The molecule has 1 fully saturated rings. The van der Waals surface area contributed by atoms with Gasteiger partial charge in [0.15, 0.2) is 0 Å². The molecule has 0 N–H and O–H groups in total. The van der Waals surface area contributed by atoms with E-state index in [1.54, 1.807) is 24.2 Å².